The average molecular weight is 281 g/mol. The van der Waals surface area contributed by atoms with Crippen molar-refractivity contribution in [3.63, 3.8) is 0 Å². The Kier molecular flexibility index (Phi) is 5.44. The average Bonchev–Trinajstić information content (AvgIpc) is 2.48. The van der Waals surface area contributed by atoms with E-state index in [2.05, 4.69) is 22.2 Å². The van der Waals surface area contributed by atoms with Gasteiger partial charge >= 0.3 is 0 Å². The number of nitrogens with zero attached hydrogens (tertiary/aromatic N) is 2. The maximum Gasteiger partial charge on any atom is 0.225 e. The summed E-state index contributed by atoms with van der Waals surface area (Å²) in [5.41, 5.74) is 0.545. The van der Waals surface area contributed by atoms with Crippen LogP contribution in [-0.2, 0) is 4.79 Å². The predicted octanol–water partition coefficient (Wildman–Crippen LogP) is 1.57. The van der Waals surface area contributed by atoms with Crippen molar-refractivity contribution < 1.29 is 4.79 Å². The Morgan fingerprint density at radius 3 is 2.05 bits per heavy atom. The molecule has 0 saturated carbocycles. The molecule has 1 amide bonds. The molecule has 0 bridgehead atoms. The number of carbonyl (C=O) groups is 1. The van der Waals surface area contributed by atoms with E-state index < -0.39 is 0 Å². The maximum atomic E-state index is 12.5. The van der Waals surface area contributed by atoms with Crippen LogP contribution in [0.5, 0.6) is 0 Å². The number of nitrogens with one attached hydrogen (secondary N) is 1. The Balaban J connectivity index is 0.000000704. The molecule has 0 radical (unpaired) electrons. The summed E-state index contributed by atoms with van der Waals surface area (Å²) >= 11 is 0. The zero-order valence-electron chi connectivity index (χ0n) is 13.5. The number of rotatable bonds is 1. The summed E-state index contributed by atoms with van der Waals surface area (Å²) < 4.78 is 0. The molecule has 0 aromatic carbocycles. The number of amides is 1. The number of likely N-dealkylation sites (tertiary alicyclic amines) is 2. The second-order valence-corrected chi connectivity index (χ2v) is 6.51. The van der Waals surface area contributed by atoms with Crippen molar-refractivity contribution in [3.8, 4) is 0 Å². The van der Waals surface area contributed by atoms with Gasteiger partial charge in [0.2, 0.25) is 5.91 Å². The van der Waals surface area contributed by atoms with Gasteiger partial charge in [0.15, 0.2) is 0 Å². The van der Waals surface area contributed by atoms with Crippen LogP contribution < -0.4 is 5.32 Å². The quantitative estimate of drug-likeness (QED) is 0.792. The molecule has 0 aliphatic carbocycles. The van der Waals surface area contributed by atoms with E-state index in [1.165, 1.54) is 25.9 Å². The third-order valence-electron chi connectivity index (χ3n) is 5.20. The third kappa shape index (κ3) is 3.34. The summed E-state index contributed by atoms with van der Waals surface area (Å²) in [6, 6.07) is 0. The molecule has 3 aliphatic rings. The van der Waals surface area contributed by atoms with Crippen molar-refractivity contribution in [2.45, 2.75) is 39.5 Å². The van der Waals surface area contributed by atoms with Gasteiger partial charge in [0.1, 0.15) is 0 Å². The monoisotopic (exact) mass is 281 g/mol. The Labute approximate surface area is 123 Å². The van der Waals surface area contributed by atoms with E-state index >= 15 is 0 Å². The van der Waals surface area contributed by atoms with Crippen molar-refractivity contribution in [2.75, 3.05) is 46.3 Å². The molecule has 20 heavy (non-hydrogen) atoms. The van der Waals surface area contributed by atoms with Gasteiger partial charge in [-0.2, -0.15) is 0 Å². The molecule has 1 N–H and O–H groups in total. The second-order valence-electron chi connectivity index (χ2n) is 6.51. The van der Waals surface area contributed by atoms with Crippen molar-refractivity contribution in [1.29, 1.82) is 0 Å². The van der Waals surface area contributed by atoms with E-state index in [9.17, 15) is 4.79 Å². The molecule has 3 aliphatic heterocycles. The van der Waals surface area contributed by atoms with Crippen LogP contribution in [0.2, 0.25) is 0 Å². The van der Waals surface area contributed by atoms with Crippen molar-refractivity contribution in [1.82, 2.24) is 15.1 Å². The van der Waals surface area contributed by atoms with Crippen LogP contribution in [0.4, 0.5) is 0 Å². The van der Waals surface area contributed by atoms with Crippen molar-refractivity contribution in [3.05, 3.63) is 0 Å². The topological polar surface area (TPSA) is 35.6 Å². The third-order valence-corrected chi connectivity index (χ3v) is 5.20. The summed E-state index contributed by atoms with van der Waals surface area (Å²) in [6.45, 7) is 10.5. The Morgan fingerprint density at radius 1 is 1.05 bits per heavy atom. The SMILES string of the molecule is CC.CN1CCC(C(=O)N2CCC3(CC2)CNC3)CC1. The van der Waals surface area contributed by atoms with Gasteiger partial charge in [-0.05, 0) is 51.2 Å². The van der Waals surface area contributed by atoms with Gasteiger partial charge in [-0.3, -0.25) is 4.79 Å². The number of carbonyl (C=O) groups excluding carboxylic acids is 1. The minimum atomic E-state index is 0.301. The van der Waals surface area contributed by atoms with E-state index in [1.54, 1.807) is 0 Å². The Bertz CT molecular complexity index is 310. The molecule has 4 heteroatoms. The fraction of sp³-hybridized carbons (Fsp3) is 0.938. The highest BCUT2D eigenvalue weighted by molar-refractivity contribution is 5.79. The molecule has 1 spiro atoms. The first-order chi connectivity index (χ1) is 9.69. The normalized spacial score (nSPS) is 26.6. The van der Waals surface area contributed by atoms with Crippen LogP contribution in [0.25, 0.3) is 0 Å². The first-order valence-electron chi connectivity index (χ1n) is 8.37. The molecule has 0 aromatic rings. The molecule has 3 heterocycles. The highest BCUT2D eigenvalue weighted by Gasteiger charge is 2.41. The lowest BCUT2D eigenvalue weighted by Gasteiger charge is -2.49. The van der Waals surface area contributed by atoms with Crippen LogP contribution in [0.3, 0.4) is 0 Å². The van der Waals surface area contributed by atoms with E-state index in [4.69, 9.17) is 0 Å². The molecule has 116 valence electrons. The number of hydrogen-bond donors (Lipinski definition) is 1. The van der Waals surface area contributed by atoms with Crippen molar-refractivity contribution in [2.24, 2.45) is 11.3 Å². The smallest absolute Gasteiger partial charge is 0.225 e. The molecule has 0 atom stereocenters. The summed E-state index contributed by atoms with van der Waals surface area (Å²) in [7, 11) is 2.15. The van der Waals surface area contributed by atoms with Gasteiger partial charge in [0, 0.05) is 32.1 Å². The first kappa shape index (κ1) is 15.8. The lowest BCUT2D eigenvalue weighted by Crippen LogP contribution is -2.59. The largest absolute Gasteiger partial charge is 0.342 e. The molecule has 3 rings (SSSR count). The standard InChI is InChI=1S/C14H25N3O.C2H6/c1-16-6-2-12(3-7-16)13(18)17-8-4-14(5-9-17)10-15-11-14;1-2/h12,15H,2-11H2,1H3;1-2H3. The van der Waals surface area contributed by atoms with E-state index in [1.807, 2.05) is 13.8 Å². The van der Waals surface area contributed by atoms with Crippen LogP contribution >= 0.6 is 0 Å². The molecular formula is C16H31N3O. The highest BCUT2D eigenvalue weighted by Crippen LogP contribution is 2.35. The second kappa shape index (κ2) is 6.90. The van der Waals surface area contributed by atoms with Gasteiger partial charge in [-0.15, -0.1) is 0 Å². The molecule has 3 fully saturated rings. The van der Waals surface area contributed by atoms with Crippen LogP contribution in [0.15, 0.2) is 0 Å². The zero-order valence-corrected chi connectivity index (χ0v) is 13.5. The van der Waals surface area contributed by atoms with Crippen LogP contribution in [-0.4, -0.2) is 62.0 Å². The lowest BCUT2D eigenvalue weighted by molar-refractivity contribution is -0.140. The maximum absolute atomic E-state index is 12.5. The zero-order chi connectivity index (χ0) is 14.6. The molecule has 3 saturated heterocycles. The van der Waals surface area contributed by atoms with E-state index in [0.717, 1.165) is 39.0 Å². The molecular weight excluding hydrogens is 250 g/mol. The summed E-state index contributed by atoms with van der Waals surface area (Å²) in [5, 5.41) is 3.37. The van der Waals surface area contributed by atoms with Crippen LogP contribution in [0, 0.1) is 11.3 Å². The Morgan fingerprint density at radius 2 is 1.60 bits per heavy atom. The predicted molar refractivity (Wildman–Crippen MR) is 82.7 cm³/mol. The van der Waals surface area contributed by atoms with E-state index in [0.29, 0.717) is 17.2 Å². The molecule has 4 nitrogen and oxygen atoms in total. The van der Waals surface area contributed by atoms with Gasteiger partial charge in [-0.1, -0.05) is 13.8 Å². The fourth-order valence-corrected chi connectivity index (χ4v) is 3.55. The summed E-state index contributed by atoms with van der Waals surface area (Å²) in [5.74, 6) is 0.736. The van der Waals surface area contributed by atoms with E-state index in [-0.39, 0.29) is 0 Å². The van der Waals surface area contributed by atoms with Gasteiger partial charge < -0.3 is 15.1 Å². The van der Waals surface area contributed by atoms with Crippen molar-refractivity contribution >= 4 is 5.91 Å². The molecule has 0 unspecified atom stereocenters. The van der Waals surface area contributed by atoms with Gasteiger partial charge in [-0.25, -0.2) is 0 Å². The minimum Gasteiger partial charge on any atom is -0.342 e. The van der Waals surface area contributed by atoms with Gasteiger partial charge in [0.25, 0.3) is 0 Å². The van der Waals surface area contributed by atoms with Crippen LogP contribution in [0.1, 0.15) is 39.5 Å². The molecule has 0 aromatic heterocycles. The first-order valence-corrected chi connectivity index (χ1v) is 8.37. The summed E-state index contributed by atoms with van der Waals surface area (Å²) in [4.78, 5) is 16.9. The lowest BCUT2D eigenvalue weighted by atomic mass is 9.73. The fourth-order valence-electron chi connectivity index (χ4n) is 3.55. The number of piperidine rings is 2. The minimum absolute atomic E-state index is 0.301. The van der Waals surface area contributed by atoms with Gasteiger partial charge in [0.05, 0.1) is 0 Å². The highest BCUT2D eigenvalue weighted by atomic mass is 16.2. The number of hydrogen-bond acceptors (Lipinski definition) is 3. The summed E-state index contributed by atoms with van der Waals surface area (Å²) in [6.07, 6.45) is 4.52. The Hall–Kier alpha value is -0.610.